The van der Waals surface area contributed by atoms with Crippen LogP contribution in [0.25, 0.3) is 33.2 Å². The van der Waals surface area contributed by atoms with Crippen LogP contribution in [0.2, 0.25) is 0 Å². The Labute approximate surface area is 246 Å². The molecular formula is C33H31N3O7. The van der Waals surface area contributed by atoms with Crippen LogP contribution in [-0.2, 0) is 4.79 Å². The molecule has 5 aromatic rings. The number of rotatable bonds is 6. The number of aromatic amines is 1. The van der Waals surface area contributed by atoms with Crippen LogP contribution in [-0.4, -0.2) is 71.2 Å². The van der Waals surface area contributed by atoms with Crippen LogP contribution < -0.4 is 15.7 Å². The Morgan fingerprint density at radius 3 is 2.44 bits per heavy atom. The van der Waals surface area contributed by atoms with Crippen LogP contribution in [0.1, 0.15) is 23.5 Å². The number of phenols is 2. The highest BCUT2D eigenvalue weighted by molar-refractivity contribution is 5.91. The molecule has 2 aromatic heterocycles. The number of aromatic hydroxyl groups is 2. The van der Waals surface area contributed by atoms with Gasteiger partial charge in [0.1, 0.15) is 34.0 Å². The van der Waals surface area contributed by atoms with E-state index in [0.29, 0.717) is 48.4 Å². The van der Waals surface area contributed by atoms with Gasteiger partial charge in [0, 0.05) is 73.4 Å². The molecule has 1 fully saturated rings. The number of fused-ring (bicyclic) bond motifs is 2. The minimum Gasteiger partial charge on any atom is -0.507 e. The van der Waals surface area contributed by atoms with E-state index < -0.39 is 28.4 Å². The largest absolute Gasteiger partial charge is 0.507 e. The van der Waals surface area contributed by atoms with Crippen LogP contribution >= 0.6 is 0 Å². The predicted molar refractivity (Wildman–Crippen MR) is 163 cm³/mol. The lowest BCUT2D eigenvalue weighted by molar-refractivity contribution is -0.133. The molecule has 3 heterocycles. The second-order valence-corrected chi connectivity index (χ2v) is 10.8. The second kappa shape index (κ2) is 11.3. The molecule has 0 bridgehead atoms. The van der Waals surface area contributed by atoms with Crippen molar-refractivity contribution >= 4 is 27.8 Å². The monoisotopic (exact) mass is 581 g/mol. The van der Waals surface area contributed by atoms with Crippen molar-refractivity contribution in [3.8, 4) is 28.6 Å². The van der Waals surface area contributed by atoms with Crippen molar-refractivity contribution in [1.82, 2.24) is 14.8 Å². The van der Waals surface area contributed by atoms with Gasteiger partial charge in [-0.05, 0) is 30.6 Å². The number of nitrogens with zero attached hydrogens (tertiary/aromatic N) is 2. The quantitative estimate of drug-likeness (QED) is 0.274. The lowest BCUT2D eigenvalue weighted by Gasteiger charge is -2.33. The lowest BCUT2D eigenvalue weighted by atomic mass is 9.86. The van der Waals surface area contributed by atoms with Gasteiger partial charge in [-0.3, -0.25) is 14.4 Å². The molecule has 1 aliphatic rings. The van der Waals surface area contributed by atoms with E-state index in [4.69, 9.17) is 9.15 Å². The van der Waals surface area contributed by atoms with Gasteiger partial charge in [0.15, 0.2) is 5.43 Å². The zero-order valence-electron chi connectivity index (χ0n) is 23.8. The van der Waals surface area contributed by atoms with Gasteiger partial charge in [-0.1, -0.05) is 30.3 Å². The van der Waals surface area contributed by atoms with Crippen molar-refractivity contribution in [2.24, 2.45) is 0 Å². The predicted octanol–water partition coefficient (Wildman–Crippen LogP) is 4.02. The number of phenolic OH excluding ortho intramolecular Hbond substituents is 2. The van der Waals surface area contributed by atoms with Gasteiger partial charge in [0.25, 0.3) is 5.56 Å². The number of H-pyrrole nitrogens is 1. The van der Waals surface area contributed by atoms with Gasteiger partial charge in [0.05, 0.1) is 12.6 Å². The number of amides is 1. The smallest absolute Gasteiger partial charge is 0.252 e. The van der Waals surface area contributed by atoms with E-state index in [9.17, 15) is 24.6 Å². The molecule has 0 aliphatic carbocycles. The SMILES string of the molecule is COc1ccc2cc([C@@H](CC(=O)N3CCN(C)CC3)c3c(O)cc(O)c4c(=O)cc(-c5ccccc5)oc34)c(=O)[nH]c2c1. The molecule has 3 N–H and O–H groups in total. The van der Waals surface area contributed by atoms with E-state index in [1.54, 1.807) is 53.4 Å². The summed E-state index contributed by atoms with van der Waals surface area (Å²) in [7, 11) is 3.52. The number of ether oxygens (including phenoxy) is 1. The molecule has 220 valence electrons. The minimum absolute atomic E-state index is 0.0727. The third kappa shape index (κ3) is 5.32. The van der Waals surface area contributed by atoms with Crippen molar-refractivity contribution in [2.45, 2.75) is 12.3 Å². The molecule has 1 atom stereocenters. The summed E-state index contributed by atoms with van der Waals surface area (Å²) in [6.07, 6.45) is -0.179. The van der Waals surface area contributed by atoms with Crippen LogP contribution in [0.15, 0.2) is 80.7 Å². The number of benzene rings is 3. The number of likely N-dealkylation sites (N-methyl/N-ethyl adjacent to an activating group) is 1. The second-order valence-electron chi connectivity index (χ2n) is 10.8. The Morgan fingerprint density at radius 1 is 0.977 bits per heavy atom. The standard InChI is InChI=1S/C33H31N3O7/c1-35-10-12-36(13-11-35)29(40)16-22(23-14-20-8-9-21(42-2)15-24(20)34-33(23)41)30-25(37)17-26(38)31-27(39)18-28(43-32(30)31)19-6-4-3-5-7-19/h3-9,14-15,17-18,22,37-38H,10-13,16H2,1-2H3,(H,34,41)/t22-/m1/s1. The third-order valence-electron chi connectivity index (χ3n) is 8.10. The average Bonchev–Trinajstić information content (AvgIpc) is 3.00. The summed E-state index contributed by atoms with van der Waals surface area (Å²) in [4.78, 5) is 47.5. The number of nitrogens with one attached hydrogen (secondary N) is 1. The molecular weight excluding hydrogens is 550 g/mol. The van der Waals surface area contributed by atoms with E-state index >= 15 is 0 Å². The van der Waals surface area contributed by atoms with Gasteiger partial charge < -0.3 is 34.2 Å². The van der Waals surface area contributed by atoms with Crippen molar-refractivity contribution < 1.29 is 24.2 Å². The van der Waals surface area contributed by atoms with Crippen molar-refractivity contribution in [1.29, 1.82) is 0 Å². The van der Waals surface area contributed by atoms with Crippen molar-refractivity contribution in [2.75, 3.05) is 40.3 Å². The normalized spacial score (nSPS) is 14.7. The molecule has 0 unspecified atom stereocenters. The lowest BCUT2D eigenvalue weighted by Crippen LogP contribution is -2.47. The van der Waals surface area contributed by atoms with E-state index in [0.717, 1.165) is 6.07 Å². The number of carbonyl (C=O) groups is 1. The average molecular weight is 582 g/mol. The molecule has 1 saturated heterocycles. The number of piperazine rings is 1. The first-order chi connectivity index (χ1) is 20.7. The molecule has 10 heteroatoms. The summed E-state index contributed by atoms with van der Waals surface area (Å²) in [6.45, 7) is 2.45. The number of pyridine rings is 1. The molecule has 43 heavy (non-hydrogen) atoms. The Kier molecular flexibility index (Phi) is 7.37. The Hall–Kier alpha value is -5.09. The number of hydrogen-bond donors (Lipinski definition) is 3. The summed E-state index contributed by atoms with van der Waals surface area (Å²) in [5.41, 5.74) is 0.336. The molecule has 3 aromatic carbocycles. The Bertz CT molecular complexity index is 1960. The topological polar surface area (TPSA) is 136 Å². The highest BCUT2D eigenvalue weighted by Crippen LogP contribution is 2.42. The summed E-state index contributed by atoms with van der Waals surface area (Å²) in [6, 6.07) is 18.2. The van der Waals surface area contributed by atoms with Gasteiger partial charge in [0.2, 0.25) is 5.91 Å². The third-order valence-corrected chi connectivity index (χ3v) is 8.10. The van der Waals surface area contributed by atoms with Gasteiger partial charge in [-0.2, -0.15) is 0 Å². The van der Waals surface area contributed by atoms with E-state index in [1.807, 2.05) is 13.1 Å². The first-order valence-corrected chi connectivity index (χ1v) is 14.0. The number of carbonyl (C=O) groups excluding carboxylic acids is 1. The molecule has 0 radical (unpaired) electrons. The van der Waals surface area contributed by atoms with E-state index in [1.165, 1.54) is 13.2 Å². The van der Waals surface area contributed by atoms with Crippen molar-refractivity contribution in [3.05, 3.63) is 98.4 Å². The maximum Gasteiger partial charge on any atom is 0.252 e. The number of methoxy groups -OCH3 is 1. The molecule has 6 rings (SSSR count). The van der Waals surface area contributed by atoms with Crippen LogP contribution in [0.3, 0.4) is 0 Å². The van der Waals surface area contributed by atoms with Gasteiger partial charge in [-0.15, -0.1) is 0 Å². The van der Waals surface area contributed by atoms with Crippen LogP contribution in [0.5, 0.6) is 17.2 Å². The summed E-state index contributed by atoms with van der Waals surface area (Å²) in [5, 5.41) is 22.6. The highest BCUT2D eigenvalue weighted by atomic mass is 16.5. The summed E-state index contributed by atoms with van der Waals surface area (Å²) in [5.74, 6) is -1.31. The number of aromatic nitrogens is 1. The van der Waals surface area contributed by atoms with Gasteiger partial charge >= 0.3 is 0 Å². The fourth-order valence-electron chi connectivity index (χ4n) is 5.71. The molecule has 0 spiro atoms. The highest BCUT2D eigenvalue weighted by Gasteiger charge is 2.32. The summed E-state index contributed by atoms with van der Waals surface area (Å²) >= 11 is 0. The first kappa shape index (κ1) is 28.0. The maximum atomic E-state index is 13.7. The fraction of sp³-hybridized carbons (Fsp3) is 0.242. The summed E-state index contributed by atoms with van der Waals surface area (Å²) < 4.78 is 11.5. The van der Waals surface area contributed by atoms with Crippen LogP contribution in [0.4, 0.5) is 0 Å². The Morgan fingerprint density at radius 2 is 1.72 bits per heavy atom. The Balaban J connectivity index is 1.59. The minimum atomic E-state index is -1.01. The molecule has 0 saturated carbocycles. The molecule has 1 amide bonds. The number of hydrogen-bond acceptors (Lipinski definition) is 8. The van der Waals surface area contributed by atoms with Gasteiger partial charge in [-0.25, -0.2) is 0 Å². The zero-order chi connectivity index (χ0) is 30.2. The molecule has 1 aliphatic heterocycles. The van der Waals surface area contributed by atoms with Crippen molar-refractivity contribution in [3.63, 3.8) is 0 Å². The maximum absolute atomic E-state index is 13.7. The molecule has 10 nitrogen and oxygen atoms in total. The fourth-order valence-corrected chi connectivity index (χ4v) is 5.71. The first-order valence-electron chi connectivity index (χ1n) is 14.0. The van der Waals surface area contributed by atoms with E-state index in [-0.39, 0.29) is 40.2 Å². The zero-order valence-corrected chi connectivity index (χ0v) is 23.8. The van der Waals surface area contributed by atoms with E-state index in [2.05, 4.69) is 9.88 Å². The van der Waals surface area contributed by atoms with Crippen LogP contribution in [0, 0.1) is 0 Å².